The fourth-order valence-electron chi connectivity index (χ4n) is 5.97. The zero-order chi connectivity index (χ0) is 23.9. The summed E-state index contributed by atoms with van der Waals surface area (Å²) >= 11 is 0. The van der Waals surface area contributed by atoms with Crippen LogP contribution in [-0.2, 0) is 26.0 Å². The van der Waals surface area contributed by atoms with Crippen LogP contribution >= 0.6 is 0 Å². The Morgan fingerprint density at radius 1 is 0.971 bits per heavy atom. The van der Waals surface area contributed by atoms with Gasteiger partial charge in [-0.1, -0.05) is 12.8 Å². The predicted octanol–water partition coefficient (Wildman–Crippen LogP) is 3.52. The first kappa shape index (κ1) is 23.8. The van der Waals surface area contributed by atoms with E-state index >= 15 is 0 Å². The van der Waals surface area contributed by atoms with Gasteiger partial charge in [0.05, 0.1) is 4.90 Å². The second kappa shape index (κ2) is 9.61. The molecule has 34 heavy (non-hydrogen) atoms. The van der Waals surface area contributed by atoms with Gasteiger partial charge in [0.25, 0.3) is 0 Å². The SMILES string of the molecule is CC1Cc2cc(S(=O)(=O)NCC3CCC(C(=O)NC4CCCC4)CC3)ccc2N1C(=O)C1CC1. The van der Waals surface area contributed by atoms with Crippen molar-refractivity contribution in [3.63, 3.8) is 0 Å². The average molecular weight is 488 g/mol. The normalized spacial score (nSPS) is 27.6. The van der Waals surface area contributed by atoms with Gasteiger partial charge in [0, 0.05) is 36.2 Å². The van der Waals surface area contributed by atoms with Crippen LogP contribution in [0, 0.1) is 17.8 Å². The van der Waals surface area contributed by atoms with Crippen molar-refractivity contribution >= 4 is 27.5 Å². The maximum Gasteiger partial charge on any atom is 0.240 e. The first-order valence-electron chi connectivity index (χ1n) is 13.1. The number of fused-ring (bicyclic) bond motifs is 1. The number of rotatable bonds is 7. The average Bonchev–Trinajstić information content (AvgIpc) is 3.45. The van der Waals surface area contributed by atoms with Gasteiger partial charge in [0.15, 0.2) is 0 Å². The van der Waals surface area contributed by atoms with E-state index in [1.807, 2.05) is 11.8 Å². The van der Waals surface area contributed by atoms with Crippen LogP contribution in [0.3, 0.4) is 0 Å². The lowest BCUT2D eigenvalue weighted by Crippen LogP contribution is -2.39. The van der Waals surface area contributed by atoms with Crippen molar-refractivity contribution in [1.82, 2.24) is 10.0 Å². The fourth-order valence-corrected chi connectivity index (χ4v) is 7.13. The lowest BCUT2D eigenvalue weighted by atomic mass is 9.81. The highest BCUT2D eigenvalue weighted by Crippen LogP contribution is 2.39. The molecule has 1 aliphatic heterocycles. The summed E-state index contributed by atoms with van der Waals surface area (Å²) in [5.74, 6) is 0.822. The molecule has 3 saturated carbocycles. The molecule has 3 fully saturated rings. The van der Waals surface area contributed by atoms with E-state index in [9.17, 15) is 18.0 Å². The first-order valence-corrected chi connectivity index (χ1v) is 14.6. The van der Waals surface area contributed by atoms with Gasteiger partial charge < -0.3 is 10.2 Å². The molecule has 8 heteroatoms. The van der Waals surface area contributed by atoms with Gasteiger partial charge in [-0.2, -0.15) is 0 Å². The Balaban J connectivity index is 1.14. The summed E-state index contributed by atoms with van der Waals surface area (Å²) in [4.78, 5) is 27.3. The van der Waals surface area contributed by atoms with Gasteiger partial charge in [0.1, 0.15) is 0 Å². The number of hydrogen-bond acceptors (Lipinski definition) is 4. The molecule has 5 rings (SSSR count). The highest BCUT2D eigenvalue weighted by molar-refractivity contribution is 7.89. The molecule has 0 radical (unpaired) electrons. The second-order valence-electron chi connectivity index (χ2n) is 10.9. The van der Waals surface area contributed by atoms with E-state index in [0.29, 0.717) is 19.0 Å². The fraction of sp³-hybridized carbons (Fsp3) is 0.692. The quantitative estimate of drug-likeness (QED) is 0.615. The molecule has 0 bridgehead atoms. The Hall–Kier alpha value is -1.93. The van der Waals surface area contributed by atoms with E-state index in [2.05, 4.69) is 10.0 Å². The number of nitrogens with one attached hydrogen (secondary N) is 2. The molecule has 186 valence electrons. The van der Waals surface area contributed by atoms with Crippen molar-refractivity contribution < 1.29 is 18.0 Å². The number of amides is 2. The monoisotopic (exact) mass is 487 g/mol. The van der Waals surface area contributed by atoms with Crippen LogP contribution in [-0.4, -0.2) is 38.9 Å². The van der Waals surface area contributed by atoms with Gasteiger partial charge in [-0.3, -0.25) is 9.59 Å². The molecule has 4 aliphatic rings. The smallest absolute Gasteiger partial charge is 0.240 e. The minimum Gasteiger partial charge on any atom is -0.353 e. The topological polar surface area (TPSA) is 95.6 Å². The van der Waals surface area contributed by atoms with Gasteiger partial charge in [-0.05, 0) is 94.4 Å². The number of benzene rings is 1. The molecular weight excluding hydrogens is 450 g/mol. The molecule has 0 aromatic heterocycles. The van der Waals surface area contributed by atoms with Gasteiger partial charge >= 0.3 is 0 Å². The third kappa shape index (κ3) is 5.03. The molecule has 1 aromatic carbocycles. The molecule has 1 unspecified atom stereocenters. The summed E-state index contributed by atoms with van der Waals surface area (Å²) in [6.45, 7) is 2.43. The number of sulfonamides is 1. The van der Waals surface area contributed by atoms with Crippen molar-refractivity contribution in [2.45, 2.75) is 94.5 Å². The summed E-state index contributed by atoms with van der Waals surface area (Å²) in [5, 5.41) is 3.21. The Kier molecular flexibility index (Phi) is 6.73. The molecule has 2 amide bonds. The minimum atomic E-state index is -3.62. The maximum atomic E-state index is 13.0. The van der Waals surface area contributed by atoms with Gasteiger partial charge in [0.2, 0.25) is 21.8 Å². The standard InChI is InChI=1S/C26H37N3O4S/c1-17-14-21-15-23(12-13-24(21)29(17)26(31)20-10-11-20)34(32,33)27-16-18-6-8-19(9-7-18)25(30)28-22-4-2-3-5-22/h12-13,15,17-20,22,27H,2-11,14,16H2,1H3,(H,28,30). The summed E-state index contributed by atoms with van der Waals surface area (Å²) in [6, 6.07) is 5.57. The molecular formula is C26H37N3O4S. The number of carbonyl (C=O) groups is 2. The molecule has 1 heterocycles. The van der Waals surface area contributed by atoms with Gasteiger partial charge in [-0.15, -0.1) is 0 Å². The second-order valence-corrected chi connectivity index (χ2v) is 12.7. The number of hydrogen-bond donors (Lipinski definition) is 2. The van der Waals surface area contributed by atoms with E-state index in [1.54, 1.807) is 18.2 Å². The Morgan fingerprint density at radius 3 is 2.32 bits per heavy atom. The van der Waals surface area contributed by atoms with Crippen LogP contribution in [0.5, 0.6) is 0 Å². The lowest BCUT2D eigenvalue weighted by Gasteiger charge is -2.28. The van der Waals surface area contributed by atoms with E-state index < -0.39 is 10.0 Å². The van der Waals surface area contributed by atoms with Crippen LogP contribution in [0.15, 0.2) is 23.1 Å². The molecule has 0 spiro atoms. The maximum absolute atomic E-state index is 13.0. The third-order valence-electron chi connectivity index (χ3n) is 8.22. The molecule has 7 nitrogen and oxygen atoms in total. The van der Waals surface area contributed by atoms with Crippen LogP contribution in [0.1, 0.15) is 76.7 Å². The van der Waals surface area contributed by atoms with Crippen LogP contribution in [0.2, 0.25) is 0 Å². The van der Waals surface area contributed by atoms with Gasteiger partial charge in [-0.25, -0.2) is 13.1 Å². The number of anilines is 1. The Bertz CT molecular complexity index is 1040. The summed E-state index contributed by atoms with van der Waals surface area (Å²) < 4.78 is 28.8. The number of nitrogens with zero attached hydrogens (tertiary/aromatic N) is 1. The van der Waals surface area contributed by atoms with Crippen LogP contribution in [0.25, 0.3) is 0 Å². The van der Waals surface area contributed by atoms with Crippen molar-refractivity contribution in [2.75, 3.05) is 11.4 Å². The highest BCUT2D eigenvalue weighted by atomic mass is 32.2. The summed E-state index contributed by atoms with van der Waals surface area (Å²) in [7, 11) is -3.62. The molecule has 0 saturated heterocycles. The highest BCUT2D eigenvalue weighted by Gasteiger charge is 2.40. The molecule has 1 aromatic rings. The third-order valence-corrected chi connectivity index (χ3v) is 9.64. The van der Waals surface area contributed by atoms with Crippen LogP contribution in [0.4, 0.5) is 5.69 Å². The van der Waals surface area contributed by atoms with E-state index in [-0.39, 0.29) is 40.5 Å². The summed E-state index contributed by atoms with van der Waals surface area (Å²) in [5.41, 5.74) is 1.79. The van der Waals surface area contributed by atoms with Crippen molar-refractivity contribution in [3.8, 4) is 0 Å². The first-order chi connectivity index (χ1) is 16.3. The van der Waals surface area contributed by atoms with E-state index in [0.717, 1.165) is 62.6 Å². The Labute approximate surface area is 203 Å². The van der Waals surface area contributed by atoms with Crippen LogP contribution < -0.4 is 14.9 Å². The van der Waals surface area contributed by atoms with E-state index in [4.69, 9.17) is 0 Å². The lowest BCUT2D eigenvalue weighted by molar-refractivity contribution is -0.127. The largest absolute Gasteiger partial charge is 0.353 e. The molecule has 1 atom stereocenters. The zero-order valence-corrected chi connectivity index (χ0v) is 20.9. The van der Waals surface area contributed by atoms with E-state index in [1.165, 1.54) is 12.8 Å². The summed E-state index contributed by atoms with van der Waals surface area (Å²) in [6.07, 6.45) is 10.6. The van der Waals surface area contributed by atoms with Crippen molar-refractivity contribution in [3.05, 3.63) is 23.8 Å². The molecule has 2 N–H and O–H groups in total. The number of carbonyl (C=O) groups excluding carboxylic acids is 2. The Morgan fingerprint density at radius 2 is 1.65 bits per heavy atom. The zero-order valence-electron chi connectivity index (χ0n) is 20.1. The molecule has 3 aliphatic carbocycles. The van der Waals surface area contributed by atoms with Crippen molar-refractivity contribution in [1.29, 1.82) is 0 Å². The predicted molar refractivity (Wildman–Crippen MR) is 131 cm³/mol. The van der Waals surface area contributed by atoms with Crippen molar-refractivity contribution in [2.24, 2.45) is 17.8 Å². The minimum absolute atomic E-state index is 0.0634.